The van der Waals surface area contributed by atoms with Crippen molar-refractivity contribution < 1.29 is 14.6 Å². The summed E-state index contributed by atoms with van der Waals surface area (Å²) in [4.78, 5) is 18.2. The average Bonchev–Trinajstić information content (AvgIpc) is 2.89. The van der Waals surface area contributed by atoms with Crippen LogP contribution in [0.5, 0.6) is 0 Å². The van der Waals surface area contributed by atoms with Gasteiger partial charge in [0.2, 0.25) is 5.91 Å². The van der Waals surface area contributed by atoms with Gasteiger partial charge in [0.25, 0.3) is 0 Å². The number of aryl methyl sites for hydroxylation is 1. The van der Waals surface area contributed by atoms with Gasteiger partial charge in [0.15, 0.2) is 0 Å². The van der Waals surface area contributed by atoms with Gasteiger partial charge in [0.05, 0.1) is 30.0 Å². The summed E-state index contributed by atoms with van der Waals surface area (Å²) in [6, 6.07) is 0. The van der Waals surface area contributed by atoms with Gasteiger partial charge >= 0.3 is 0 Å². The molecule has 0 saturated carbocycles. The average molecular weight is 316 g/mol. The number of aliphatic hydroxyl groups is 1. The number of thiazole rings is 1. The minimum Gasteiger partial charge on any atom is -0.394 e. The first-order chi connectivity index (χ1) is 9.69. The molecule has 0 radical (unpaired) electrons. The third-order valence-electron chi connectivity index (χ3n) is 3.07. The van der Waals surface area contributed by atoms with E-state index in [1.165, 1.54) is 0 Å². The van der Waals surface area contributed by atoms with Gasteiger partial charge in [-0.2, -0.15) is 11.8 Å². The minimum absolute atomic E-state index is 0.0261. The van der Waals surface area contributed by atoms with E-state index in [0.717, 1.165) is 22.2 Å². The number of aliphatic hydroxyl groups excluding tert-OH is 1. The summed E-state index contributed by atoms with van der Waals surface area (Å²) in [7, 11) is 0. The highest BCUT2D eigenvalue weighted by atomic mass is 32.2. The standard InChI is InChI=1S/C13H20N2O3S2/c1-10-14-11(9-20-10)8-19-5-2-13(17)15-3-4-18-12(6-15)7-16/h9,12,16H,2-8H2,1H3. The molecule has 0 aliphatic carbocycles. The van der Waals surface area contributed by atoms with Crippen LogP contribution in [0.2, 0.25) is 0 Å². The van der Waals surface area contributed by atoms with E-state index in [2.05, 4.69) is 10.4 Å². The van der Waals surface area contributed by atoms with Gasteiger partial charge in [-0.05, 0) is 6.92 Å². The fourth-order valence-electron chi connectivity index (χ4n) is 2.03. The Morgan fingerprint density at radius 1 is 1.70 bits per heavy atom. The van der Waals surface area contributed by atoms with Crippen LogP contribution < -0.4 is 0 Å². The van der Waals surface area contributed by atoms with Crippen LogP contribution in [-0.2, 0) is 15.3 Å². The van der Waals surface area contributed by atoms with Crippen molar-refractivity contribution in [1.29, 1.82) is 0 Å². The quantitative estimate of drug-likeness (QED) is 0.802. The predicted octanol–water partition coefficient (Wildman–Crippen LogP) is 1.29. The highest BCUT2D eigenvalue weighted by molar-refractivity contribution is 7.98. The SMILES string of the molecule is Cc1nc(CSCCC(=O)N2CCOC(CO)C2)cs1. The second-order valence-corrected chi connectivity index (χ2v) is 6.84. The normalized spacial score (nSPS) is 19.3. The van der Waals surface area contributed by atoms with E-state index in [0.29, 0.717) is 26.1 Å². The molecule has 112 valence electrons. The van der Waals surface area contributed by atoms with Gasteiger partial charge in [-0.15, -0.1) is 11.3 Å². The number of carbonyl (C=O) groups excluding carboxylic acids is 1. The van der Waals surface area contributed by atoms with E-state index in [1.807, 2.05) is 6.92 Å². The number of rotatable bonds is 6. The fraction of sp³-hybridized carbons (Fsp3) is 0.692. The molecule has 2 heterocycles. The predicted molar refractivity (Wildman–Crippen MR) is 81.0 cm³/mol. The van der Waals surface area contributed by atoms with Gasteiger partial charge in [-0.25, -0.2) is 4.98 Å². The van der Waals surface area contributed by atoms with Gasteiger partial charge in [0.1, 0.15) is 0 Å². The Kier molecular flexibility index (Phi) is 6.28. The summed E-state index contributed by atoms with van der Waals surface area (Å²) in [6.45, 7) is 3.62. The lowest BCUT2D eigenvalue weighted by Gasteiger charge is -2.32. The lowest BCUT2D eigenvalue weighted by molar-refractivity contribution is -0.139. The Morgan fingerprint density at radius 2 is 2.55 bits per heavy atom. The smallest absolute Gasteiger partial charge is 0.223 e. The molecule has 1 unspecified atom stereocenters. The van der Waals surface area contributed by atoms with Crippen molar-refractivity contribution in [3.8, 4) is 0 Å². The maximum atomic E-state index is 12.0. The molecule has 1 aromatic rings. The zero-order valence-electron chi connectivity index (χ0n) is 11.6. The second-order valence-electron chi connectivity index (χ2n) is 4.68. The third kappa shape index (κ3) is 4.73. The monoisotopic (exact) mass is 316 g/mol. The number of aromatic nitrogens is 1. The lowest BCUT2D eigenvalue weighted by atomic mass is 10.2. The second kappa shape index (κ2) is 7.97. The van der Waals surface area contributed by atoms with Crippen LogP contribution in [0.4, 0.5) is 0 Å². The molecule has 20 heavy (non-hydrogen) atoms. The first kappa shape index (κ1) is 15.8. The molecule has 0 bridgehead atoms. The molecule has 1 saturated heterocycles. The molecule has 1 aliphatic heterocycles. The largest absolute Gasteiger partial charge is 0.394 e. The van der Waals surface area contributed by atoms with Gasteiger partial charge in [-0.1, -0.05) is 0 Å². The van der Waals surface area contributed by atoms with E-state index in [1.54, 1.807) is 28.0 Å². The van der Waals surface area contributed by atoms with Crippen molar-refractivity contribution in [1.82, 2.24) is 9.88 Å². The molecule has 1 N–H and O–H groups in total. The van der Waals surface area contributed by atoms with Gasteiger partial charge in [0, 0.05) is 36.4 Å². The van der Waals surface area contributed by atoms with Crippen molar-refractivity contribution in [2.75, 3.05) is 32.1 Å². The number of nitrogens with zero attached hydrogens (tertiary/aromatic N) is 2. The molecule has 0 spiro atoms. The van der Waals surface area contributed by atoms with Crippen LogP contribution in [0, 0.1) is 6.92 Å². The Hall–Kier alpha value is -0.630. The number of amides is 1. The number of thioether (sulfide) groups is 1. The molecule has 5 nitrogen and oxygen atoms in total. The molecular formula is C13H20N2O3S2. The lowest BCUT2D eigenvalue weighted by Crippen LogP contribution is -2.47. The first-order valence-electron chi connectivity index (χ1n) is 6.68. The Bertz CT molecular complexity index is 439. The molecule has 2 rings (SSSR count). The summed E-state index contributed by atoms with van der Waals surface area (Å²) >= 11 is 3.39. The maximum absolute atomic E-state index is 12.0. The molecular weight excluding hydrogens is 296 g/mol. The summed E-state index contributed by atoms with van der Waals surface area (Å²) in [5.74, 6) is 1.81. The summed E-state index contributed by atoms with van der Waals surface area (Å²) in [5.41, 5.74) is 1.09. The number of carbonyl (C=O) groups is 1. The summed E-state index contributed by atoms with van der Waals surface area (Å²) < 4.78 is 5.34. The molecule has 1 aromatic heterocycles. The van der Waals surface area contributed by atoms with Crippen molar-refractivity contribution in [2.45, 2.75) is 25.2 Å². The van der Waals surface area contributed by atoms with E-state index in [4.69, 9.17) is 9.84 Å². The van der Waals surface area contributed by atoms with E-state index < -0.39 is 0 Å². The van der Waals surface area contributed by atoms with E-state index in [9.17, 15) is 4.79 Å². The van der Waals surface area contributed by atoms with Crippen LogP contribution in [0.15, 0.2) is 5.38 Å². The number of ether oxygens (including phenoxy) is 1. The van der Waals surface area contributed by atoms with Crippen LogP contribution in [0.25, 0.3) is 0 Å². The molecule has 0 aromatic carbocycles. The van der Waals surface area contributed by atoms with Crippen LogP contribution >= 0.6 is 23.1 Å². The van der Waals surface area contributed by atoms with Crippen LogP contribution in [0.3, 0.4) is 0 Å². The molecule has 7 heteroatoms. The van der Waals surface area contributed by atoms with Crippen molar-refractivity contribution >= 4 is 29.0 Å². The zero-order valence-corrected chi connectivity index (χ0v) is 13.2. The number of hydrogen-bond acceptors (Lipinski definition) is 6. The summed E-state index contributed by atoms with van der Waals surface area (Å²) in [6.07, 6.45) is 0.310. The Morgan fingerprint density at radius 3 is 3.25 bits per heavy atom. The fourth-order valence-corrected chi connectivity index (χ4v) is 3.56. The third-order valence-corrected chi connectivity index (χ3v) is 4.89. The van der Waals surface area contributed by atoms with Crippen molar-refractivity contribution in [2.24, 2.45) is 0 Å². The maximum Gasteiger partial charge on any atom is 0.223 e. The Labute approximate surface area is 127 Å². The van der Waals surface area contributed by atoms with Crippen LogP contribution in [-0.4, -0.2) is 59.1 Å². The highest BCUT2D eigenvalue weighted by Crippen LogP contribution is 2.16. The number of hydrogen-bond donors (Lipinski definition) is 1. The van der Waals surface area contributed by atoms with Crippen LogP contribution in [0.1, 0.15) is 17.1 Å². The highest BCUT2D eigenvalue weighted by Gasteiger charge is 2.23. The molecule has 1 aliphatic rings. The summed E-state index contributed by atoms with van der Waals surface area (Å²) in [5, 5.41) is 12.2. The van der Waals surface area contributed by atoms with Gasteiger partial charge in [-0.3, -0.25) is 4.79 Å². The van der Waals surface area contributed by atoms with Crippen molar-refractivity contribution in [3.63, 3.8) is 0 Å². The zero-order chi connectivity index (χ0) is 14.4. The van der Waals surface area contributed by atoms with Crippen molar-refractivity contribution in [3.05, 3.63) is 16.1 Å². The molecule has 1 amide bonds. The minimum atomic E-state index is -0.224. The molecule has 1 fully saturated rings. The topological polar surface area (TPSA) is 62.7 Å². The van der Waals surface area contributed by atoms with Gasteiger partial charge < -0.3 is 14.7 Å². The first-order valence-corrected chi connectivity index (χ1v) is 8.71. The van der Waals surface area contributed by atoms with E-state index >= 15 is 0 Å². The van der Waals surface area contributed by atoms with E-state index in [-0.39, 0.29) is 18.6 Å². The Balaban J connectivity index is 1.64. The molecule has 1 atom stereocenters. The number of morpholine rings is 1.